The van der Waals surface area contributed by atoms with Crippen molar-refractivity contribution in [1.82, 2.24) is 19.8 Å². The standard InChI is InChI=1S/C16H17NO3.C14H16N2O2.C14H15NO3.C14H15NO2.C13H12O3.C12H10O3/c1-12-2-7-15(20-12)13-3-5-14(6-4-13)16(18)17-8-10-19-11-9-17;1-10-4-9-13(18-10)11-5-7-12(8-6-11)15-14(17)16(2)3;1-10-4-9-13(18-10)11-5-7-12(8-6-11)14(16)15(2)17-3;1-10-4-9-13(17-10)11-5-7-12(8-6-11)14(16)15(2)3;1-9-3-8-13(15-9)11-4-6-12(7-5-11)16-10(2)14;1-8-2-7-11(15-8)9-3-5-10(6-4-9)12(13)14/h2-7H,8-11H2,1H3;4-9H,1-3H3,(H,15,17);4-9H,1-3H3;4-9H,1-3H3;3-8H,1-2H3;2-7H,1H3,(H,13,14). The summed E-state index contributed by atoms with van der Waals surface area (Å²) >= 11 is 0. The molecule has 0 spiro atoms. The summed E-state index contributed by atoms with van der Waals surface area (Å²) in [5, 5.41) is 12.7. The van der Waals surface area contributed by atoms with Crippen LogP contribution in [-0.4, -0.2) is 129 Å². The smallest absolute Gasteiger partial charge is 0.335 e. The Labute approximate surface area is 604 Å². The second-order valence-electron chi connectivity index (χ2n) is 24.2. The summed E-state index contributed by atoms with van der Waals surface area (Å²) in [5.74, 6) is 9.27. The minimum Gasteiger partial charge on any atom is -0.478 e. The number of nitrogens with zero attached hydrogens (tertiary/aromatic N) is 4. The molecule has 1 aliphatic heterocycles. The number of hydrogen-bond donors (Lipinski definition) is 2. The third kappa shape index (κ3) is 22.8. The first-order valence-electron chi connectivity index (χ1n) is 33.1. The van der Waals surface area contributed by atoms with Crippen LogP contribution in [0.1, 0.15) is 82.9 Å². The SMILES string of the molecule is CC(=O)Oc1ccc(-c2ccc(C)o2)cc1.CON(C)C(=O)c1ccc(-c2ccc(C)o2)cc1.Cc1ccc(-c2ccc(C(=O)N(C)C)cc2)o1.Cc1ccc(-c2ccc(C(=O)N3CCOCC3)cc2)o1.Cc1ccc(-c2ccc(C(=O)O)cc2)o1.Cc1ccc(-c2ccc(NC(=O)N(C)C)cc2)o1. The Morgan fingerprint density at radius 2 is 0.683 bits per heavy atom. The van der Waals surface area contributed by atoms with E-state index in [0.717, 1.165) is 108 Å². The van der Waals surface area contributed by atoms with E-state index in [4.69, 9.17) is 45.9 Å². The van der Waals surface area contributed by atoms with Gasteiger partial charge in [-0.3, -0.25) is 24.0 Å². The molecule has 0 radical (unpaired) electrons. The predicted octanol–water partition coefficient (Wildman–Crippen LogP) is 18.1. The van der Waals surface area contributed by atoms with E-state index in [9.17, 15) is 28.8 Å². The number of nitrogens with one attached hydrogen (secondary N) is 1. The van der Waals surface area contributed by atoms with E-state index in [0.29, 0.717) is 48.7 Å². The number of rotatable bonds is 13. The van der Waals surface area contributed by atoms with Crippen LogP contribution in [0.2, 0.25) is 0 Å². The first-order chi connectivity index (χ1) is 49.8. The first-order valence-corrected chi connectivity index (χ1v) is 33.1. The maximum absolute atomic E-state index is 12.3. The lowest BCUT2D eigenvalue weighted by Gasteiger charge is -2.26. The molecule has 104 heavy (non-hydrogen) atoms. The Bertz CT molecular complexity index is 4740. The third-order valence-corrected chi connectivity index (χ3v) is 15.6. The number of furan rings is 6. The van der Waals surface area contributed by atoms with Crippen LogP contribution in [0.25, 0.3) is 67.9 Å². The number of esters is 1. The highest BCUT2D eigenvalue weighted by molar-refractivity contribution is 5.96. The molecule has 21 nitrogen and oxygen atoms in total. The molecule has 6 aromatic heterocycles. The highest BCUT2D eigenvalue weighted by Crippen LogP contribution is 2.29. The highest BCUT2D eigenvalue weighted by Gasteiger charge is 2.19. The van der Waals surface area contributed by atoms with Crippen molar-refractivity contribution in [3.63, 3.8) is 0 Å². The number of carboxylic acid groups (broad SMARTS) is 1. The number of anilines is 1. The highest BCUT2D eigenvalue weighted by atomic mass is 16.7. The quantitative estimate of drug-likeness (QED) is 0.0618. The van der Waals surface area contributed by atoms with E-state index >= 15 is 0 Å². The van der Waals surface area contributed by atoms with Gasteiger partial charge in [0, 0.05) is 111 Å². The van der Waals surface area contributed by atoms with Crippen LogP contribution in [0.4, 0.5) is 10.5 Å². The summed E-state index contributed by atoms with van der Waals surface area (Å²) in [6, 6.07) is 66.4. The zero-order chi connectivity index (χ0) is 75.0. The molecule has 12 aromatic rings. The van der Waals surface area contributed by atoms with Crippen LogP contribution in [-0.2, 0) is 14.4 Å². The van der Waals surface area contributed by atoms with E-state index in [1.807, 2.05) is 216 Å². The molecule has 21 heteroatoms. The van der Waals surface area contributed by atoms with Crippen LogP contribution >= 0.6 is 0 Å². The number of carboxylic acids is 1. The Morgan fingerprint density at radius 3 is 0.962 bits per heavy atom. The van der Waals surface area contributed by atoms with Crippen molar-refractivity contribution in [2.75, 3.05) is 74.0 Å². The van der Waals surface area contributed by atoms with Crippen molar-refractivity contribution in [2.45, 2.75) is 48.5 Å². The van der Waals surface area contributed by atoms with Gasteiger partial charge in [0.25, 0.3) is 17.7 Å². The molecule has 538 valence electrons. The fourth-order valence-electron chi connectivity index (χ4n) is 9.92. The van der Waals surface area contributed by atoms with Gasteiger partial charge in [0.1, 0.15) is 74.9 Å². The fourth-order valence-corrected chi connectivity index (χ4v) is 9.92. The van der Waals surface area contributed by atoms with E-state index in [1.54, 1.807) is 88.7 Å². The zero-order valence-electron chi connectivity index (χ0n) is 60.5. The van der Waals surface area contributed by atoms with Gasteiger partial charge in [-0.15, -0.1) is 0 Å². The predicted molar refractivity (Wildman–Crippen MR) is 398 cm³/mol. The molecule has 6 aromatic carbocycles. The van der Waals surface area contributed by atoms with Gasteiger partial charge in [0.2, 0.25) is 0 Å². The van der Waals surface area contributed by atoms with Gasteiger partial charge in [-0.2, -0.15) is 0 Å². The number of morpholine rings is 1. The largest absolute Gasteiger partial charge is 0.478 e. The lowest BCUT2D eigenvalue weighted by Crippen LogP contribution is -2.40. The summed E-state index contributed by atoms with van der Waals surface area (Å²) in [6.45, 7) is 15.4. The maximum Gasteiger partial charge on any atom is 0.335 e. The van der Waals surface area contributed by atoms with Gasteiger partial charge in [0.15, 0.2) is 0 Å². The van der Waals surface area contributed by atoms with Gasteiger partial charge >= 0.3 is 18.0 Å². The lowest BCUT2D eigenvalue weighted by molar-refractivity contribution is -0.131. The summed E-state index contributed by atoms with van der Waals surface area (Å²) in [5.41, 5.74) is 8.75. The molecule has 1 fully saturated rings. The topological polar surface area (TPSA) is 254 Å². The third-order valence-electron chi connectivity index (χ3n) is 15.6. The van der Waals surface area contributed by atoms with Gasteiger partial charge in [0.05, 0.1) is 25.9 Å². The van der Waals surface area contributed by atoms with Crippen LogP contribution in [0.3, 0.4) is 0 Å². The molecule has 0 unspecified atom stereocenters. The number of amides is 5. The van der Waals surface area contributed by atoms with Crippen molar-refractivity contribution in [3.8, 4) is 73.7 Å². The summed E-state index contributed by atoms with van der Waals surface area (Å²) in [6.07, 6.45) is 0. The molecular weight excluding hydrogens is 1320 g/mol. The van der Waals surface area contributed by atoms with Gasteiger partial charge in [-0.05, 0) is 211 Å². The summed E-state index contributed by atoms with van der Waals surface area (Å²) < 4.78 is 43.3. The van der Waals surface area contributed by atoms with Crippen molar-refractivity contribution in [3.05, 3.63) is 275 Å². The molecule has 0 saturated carbocycles. The van der Waals surface area contributed by atoms with E-state index in [-0.39, 0.29) is 35.3 Å². The van der Waals surface area contributed by atoms with Crippen molar-refractivity contribution in [2.24, 2.45) is 0 Å². The molecule has 1 saturated heterocycles. The molecule has 1 aliphatic rings. The summed E-state index contributed by atoms with van der Waals surface area (Å²) in [4.78, 5) is 78.4. The molecule has 2 N–H and O–H groups in total. The Balaban J connectivity index is 0.000000158. The minimum atomic E-state index is -0.919. The Hall–Kier alpha value is -12.5. The van der Waals surface area contributed by atoms with Crippen molar-refractivity contribution in [1.29, 1.82) is 0 Å². The number of aromatic carboxylic acids is 1. The number of hydrogen-bond acceptors (Lipinski definition) is 15. The van der Waals surface area contributed by atoms with Crippen LogP contribution in [0.5, 0.6) is 5.75 Å². The van der Waals surface area contributed by atoms with E-state index in [2.05, 4.69) is 5.32 Å². The van der Waals surface area contributed by atoms with Gasteiger partial charge in [-0.1, -0.05) is 48.5 Å². The normalized spacial score (nSPS) is 11.2. The van der Waals surface area contributed by atoms with Crippen LogP contribution < -0.4 is 10.1 Å². The molecule has 5 amide bonds. The number of carbonyl (C=O) groups excluding carboxylic acids is 5. The van der Waals surface area contributed by atoms with E-state index < -0.39 is 5.97 Å². The number of aryl methyl sites for hydroxylation is 6. The molecular formula is C83H85N5O16. The minimum absolute atomic E-state index is 0.00664. The van der Waals surface area contributed by atoms with Gasteiger partial charge in [-0.25, -0.2) is 14.7 Å². The van der Waals surface area contributed by atoms with Crippen LogP contribution in [0.15, 0.2) is 245 Å². The molecule has 0 bridgehead atoms. The number of carbonyl (C=O) groups is 6. The van der Waals surface area contributed by atoms with E-state index in [1.165, 1.54) is 24.0 Å². The number of ether oxygens (including phenoxy) is 2. The number of benzene rings is 6. The Kier molecular flexibility index (Phi) is 27.7. The molecule has 7 heterocycles. The summed E-state index contributed by atoms with van der Waals surface area (Å²) in [7, 11) is 9.92. The average molecular weight is 1410 g/mol. The van der Waals surface area contributed by atoms with Crippen molar-refractivity contribution >= 4 is 41.4 Å². The fraction of sp³-hybridized carbons (Fsp3) is 0.205. The average Bonchev–Trinajstić information content (AvgIpc) is 1.40. The maximum atomic E-state index is 12.3. The van der Waals surface area contributed by atoms with Gasteiger partial charge < -0.3 is 61.1 Å². The molecule has 0 aliphatic carbocycles. The monoisotopic (exact) mass is 1410 g/mol. The van der Waals surface area contributed by atoms with Crippen LogP contribution in [0, 0.1) is 41.5 Å². The number of hydroxylamine groups is 2. The van der Waals surface area contributed by atoms with Crippen molar-refractivity contribution < 1.29 is 74.7 Å². The lowest BCUT2D eigenvalue weighted by atomic mass is 10.1. The first kappa shape index (κ1) is 77.3. The Morgan fingerprint density at radius 1 is 0.385 bits per heavy atom. The second-order valence-corrected chi connectivity index (χ2v) is 24.2. The molecule has 13 rings (SSSR count). The second kappa shape index (κ2) is 37.3. The molecule has 0 atom stereocenters. The number of urea groups is 1. The zero-order valence-corrected chi connectivity index (χ0v) is 60.5.